The van der Waals surface area contributed by atoms with E-state index in [2.05, 4.69) is 10.6 Å². The van der Waals surface area contributed by atoms with E-state index >= 15 is 0 Å². The topological polar surface area (TPSA) is 67.4 Å². The molecule has 0 atom stereocenters. The highest BCUT2D eigenvalue weighted by Crippen LogP contribution is 2.29. The van der Waals surface area contributed by atoms with Gasteiger partial charge in [0.2, 0.25) is 0 Å². The van der Waals surface area contributed by atoms with E-state index in [-0.39, 0.29) is 5.97 Å². The number of hydrogen-bond donors (Lipinski definition) is 2. The SMILES string of the molecule is CCOC(=O)CCCCCCNC(=O)Nc1ccc(C(F)(F)F)cc1. The standard InChI is InChI=1S/C17H23F3N2O3/c1-2-25-15(23)7-5-3-4-6-12-21-16(24)22-14-10-8-13(9-11-14)17(18,19)20/h8-11H,2-7,12H2,1H3,(H2,21,22,24). The number of carbonyl (C=O) groups excluding carboxylic acids is 2. The van der Waals surface area contributed by atoms with E-state index in [1.165, 1.54) is 12.1 Å². The van der Waals surface area contributed by atoms with Crippen molar-refractivity contribution in [1.29, 1.82) is 0 Å². The number of urea groups is 1. The summed E-state index contributed by atoms with van der Waals surface area (Å²) in [6.07, 6.45) is -0.773. The third kappa shape index (κ3) is 8.97. The van der Waals surface area contributed by atoms with Crippen molar-refractivity contribution < 1.29 is 27.5 Å². The number of anilines is 1. The fourth-order valence-electron chi connectivity index (χ4n) is 2.10. The Morgan fingerprint density at radius 3 is 2.28 bits per heavy atom. The number of benzene rings is 1. The fourth-order valence-corrected chi connectivity index (χ4v) is 2.10. The van der Waals surface area contributed by atoms with Crippen molar-refractivity contribution in [3.8, 4) is 0 Å². The van der Waals surface area contributed by atoms with Gasteiger partial charge < -0.3 is 15.4 Å². The molecule has 0 bridgehead atoms. The molecular weight excluding hydrogens is 337 g/mol. The number of nitrogens with one attached hydrogen (secondary N) is 2. The van der Waals surface area contributed by atoms with Gasteiger partial charge in [-0.1, -0.05) is 12.8 Å². The average Bonchev–Trinajstić information content (AvgIpc) is 2.54. The summed E-state index contributed by atoms with van der Waals surface area (Å²) in [5, 5.41) is 5.11. The maximum Gasteiger partial charge on any atom is 0.416 e. The molecule has 0 spiro atoms. The minimum absolute atomic E-state index is 0.198. The van der Waals surface area contributed by atoms with Gasteiger partial charge in [0.05, 0.1) is 12.2 Å². The van der Waals surface area contributed by atoms with Gasteiger partial charge in [-0.3, -0.25) is 4.79 Å². The third-order valence-electron chi connectivity index (χ3n) is 3.37. The van der Waals surface area contributed by atoms with Crippen LogP contribution in [0, 0.1) is 0 Å². The minimum Gasteiger partial charge on any atom is -0.466 e. The van der Waals surface area contributed by atoms with E-state index < -0.39 is 17.8 Å². The number of unbranched alkanes of at least 4 members (excludes halogenated alkanes) is 3. The number of ether oxygens (including phenoxy) is 1. The first kappa shape index (κ1) is 20.8. The predicted octanol–water partition coefficient (Wildman–Crippen LogP) is 4.34. The smallest absolute Gasteiger partial charge is 0.416 e. The second-order valence-electron chi connectivity index (χ2n) is 5.43. The van der Waals surface area contributed by atoms with Crippen LogP contribution in [0.15, 0.2) is 24.3 Å². The van der Waals surface area contributed by atoms with Crippen LogP contribution < -0.4 is 10.6 Å². The first-order chi connectivity index (χ1) is 11.8. The van der Waals surface area contributed by atoms with Gasteiger partial charge in [0.15, 0.2) is 0 Å². The van der Waals surface area contributed by atoms with Crippen molar-refractivity contribution in [2.45, 2.75) is 45.2 Å². The van der Waals surface area contributed by atoms with Crippen LogP contribution in [0.25, 0.3) is 0 Å². The summed E-state index contributed by atoms with van der Waals surface area (Å²) >= 11 is 0. The van der Waals surface area contributed by atoms with Gasteiger partial charge in [-0.05, 0) is 44.0 Å². The largest absolute Gasteiger partial charge is 0.466 e. The quantitative estimate of drug-likeness (QED) is 0.508. The van der Waals surface area contributed by atoms with Crippen molar-refractivity contribution in [1.82, 2.24) is 5.32 Å². The number of esters is 1. The van der Waals surface area contributed by atoms with Crippen molar-refractivity contribution in [3.63, 3.8) is 0 Å². The van der Waals surface area contributed by atoms with Crippen molar-refractivity contribution in [3.05, 3.63) is 29.8 Å². The number of alkyl halides is 3. The average molecular weight is 360 g/mol. The molecule has 1 aromatic carbocycles. The zero-order valence-electron chi connectivity index (χ0n) is 14.1. The lowest BCUT2D eigenvalue weighted by atomic mass is 10.1. The fraction of sp³-hybridized carbons (Fsp3) is 0.529. The molecule has 0 aromatic heterocycles. The monoisotopic (exact) mass is 360 g/mol. The van der Waals surface area contributed by atoms with E-state index in [0.29, 0.717) is 25.3 Å². The van der Waals surface area contributed by atoms with Crippen LogP contribution in [0.1, 0.15) is 44.6 Å². The van der Waals surface area contributed by atoms with Crippen LogP contribution in [0.5, 0.6) is 0 Å². The number of amides is 2. The summed E-state index contributed by atoms with van der Waals surface area (Å²) in [7, 11) is 0. The molecule has 0 saturated carbocycles. The molecule has 0 aliphatic heterocycles. The lowest BCUT2D eigenvalue weighted by Gasteiger charge is -2.10. The Hall–Kier alpha value is -2.25. The van der Waals surface area contributed by atoms with Crippen LogP contribution in [-0.4, -0.2) is 25.2 Å². The number of halogens is 3. The molecular formula is C17H23F3N2O3. The summed E-state index contributed by atoms with van der Waals surface area (Å²) in [5.41, 5.74) is -0.471. The number of carbonyl (C=O) groups is 2. The Labute approximate surface area is 144 Å². The first-order valence-corrected chi connectivity index (χ1v) is 8.20. The molecule has 0 heterocycles. The highest BCUT2D eigenvalue weighted by Gasteiger charge is 2.29. The van der Waals surface area contributed by atoms with E-state index in [1.807, 2.05) is 0 Å². The van der Waals surface area contributed by atoms with Gasteiger partial charge in [0.1, 0.15) is 0 Å². The van der Waals surface area contributed by atoms with Crippen molar-refractivity contribution in [2.24, 2.45) is 0 Å². The Morgan fingerprint density at radius 1 is 1.04 bits per heavy atom. The van der Waals surface area contributed by atoms with Gasteiger partial charge in [0.25, 0.3) is 0 Å². The Balaban J connectivity index is 2.14. The first-order valence-electron chi connectivity index (χ1n) is 8.20. The molecule has 25 heavy (non-hydrogen) atoms. The van der Waals surface area contributed by atoms with E-state index in [1.54, 1.807) is 6.92 Å². The molecule has 1 rings (SSSR count). The zero-order valence-corrected chi connectivity index (χ0v) is 14.1. The van der Waals surface area contributed by atoms with Crippen LogP contribution in [-0.2, 0) is 15.7 Å². The molecule has 140 valence electrons. The predicted molar refractivity (Wildman–Crippen MR) is 88.2 cm³/mol. The van der Waals surface area contributed by atoms with Crippen LogP contribution in [0.2, 0.25) is 0 Å². The van der Waals surface area contributed by atoms with E-state index in [0.717, 1.165) is 37.8 Å². The minimum atomic E-state index is -4.39. The van der Waals surface area contributed by atoms with Crippen LogP contribution >= 0.6 is 0 Å². The van der Waals surface area contributed by atoms with E-state index in [4.69, 9.17) is 4.74 Å². The van der Waals surface area contributed by atoms with Crippen molar-refractivity contribution in [2.75, 3.05) is 18.5 Å². The second-order valence-corrected chi connectivity index (χ2v) is 5.43. The van der Waals surface area contributed by atoms with Crippen LogP contribution in [0.3, 0.4) is 0 Å². The highest BCUT2D eigenvalue weighted by atomic mass is 19.4. The molecule has 8 heteroatoms. The lowest BCUT2D eigenvalue weighted by Crippen LogP contribution is -2.29. The summed E-state index contributed by atoms with van der Waals surface area (Å²) in [4.78, 5) is 22.8. The maximum atomic E-state index is 12.4. The van der Waals surface area contributed by atoms with Gasteiger partial charge >= 0.3 is 18.2 Å². The Kier molecular flexibility index (Phi) is 8.80. The van der Waals surface area contributed by atoms with Gasteiger partial charge in [-0.15, -0.1) is 0 Å². The summed E-state index contributed by atoms with van der Waals surface area (Å²) in [5.74, 6) is -0.198. The molecule has 0 radical (unpaired) electrons. The Morgan fingerprint density at radius 2 is 1.68 bits per heavy atom. The van der Waals surface area contributed by atoms with Gasteiger partial charge in [0, 0.05) is 18.7 Å². The molecule has 1 aromatic rings. The maximum absolute atomic E-state index is 12.4. The molecule has 0 aliphatic carbocycles. The summed E-state index contributed by atoms with van der Waals surface area (Å²) in [6, 6.07) is 3.78. The Bertz CT molecular complexity index is 545. The second kappa shape index (κ2) is 10.6. The summed E-state index contributed by atoms with van der Waals surface area (Å²) in [6.45, 7) is 2.60. The van der Waals surface area contributed by atoms with Gasteiger partial charge in [-0.25, -0.2) is 4.79 Å². The highest BCUT2D eigenvalue weighted by molar-refractivity contribution is 5.89. The zero-order chi connectivity index (χ0) is 18.7. The molecule has 0 fully saturated rings. The molecule has 5 nitrogen and oxygen atoms in total. The van der Waals surface area contributed by atoms with Gasteiger partial charge in [-0.2, -0.15) is 13.2 Å². The van der Waals surface area contributed by atoms with Crippen molar-refractivity contribution >= 4 is 17.7 Å². The normalized spacial score (nSPS) is 11.0. The third-order valence-corrected chi connectivity index (χ3v) is 3.37. The molecule has 2 N–H and O–H groups in total. The molecule has 2 amide bonds. The van der Waals surface area contributed by atoms with Crippen LogP contribution in [0.4, 0.5) is 23.7 Å². The lowest BCUT2D eigenvalue weighted by molar-refractivity contribution is -0.143. The molecule has 0 aliphatic rings. The number of hydrogen-bond acceptors (Lipinski definition) is 3. The molecule has 0 unspecified atom stereocenters. The summed E-state index contributed by atoms with van der Waals surface area (Å²) < 4.78 is 42.1. The molecule has 0 saturated heterocycles. The number of rotatable bonds is 9. The van der Waals surface area contributed by atoms with E-state index in [9.17, 15) is 22.8 Å².